The van der Waals surface area contributed by atoms with Gasteiger partial charge in [0, 0.05) is 34.4 Å². The molecule has 0 N–H and O–H groups in total. The molecule has 0 unspecified atom stereocenters. The highest BCUT2D eigenvalue weighted by Crippen LogP contribution is 2.43. The molecule has 2 fully saturated rings. The van der Waals surface area contributed by atoms with Gasteiger partial charge in [-0.25, -0.2) is 24.3 Å². The first-order valence-electron chi connectivity index (χ1n) is 12.0. The number of aromatic nitrogens is 6. The lowest BCUT2D eigenvalue weighted by atomic mass is 9.77. The van der Waals surface area contributed by atoms with E-state index in [0.29, 0.717) is 52.3 Å². The van der Waals surface area contributed by atoms with Crippen LogP contribution in [0.2, 0.25) is 5.02 Å². The molecular weight excluding hydrogens is 467 g/mol. The maximum atomic E-state index is 15.0. The fourth-order valence-corrected chi connectivity index (χ4v) is 4.88. The topological polar surface area (TPSA) is 78.6 Å². The molecule has 1 aliphatic heterocycles. The molecular formula is C26H26ClFN6O. The number of nitrogens with zero attached hydrogens (tertiary/aromatic N) is 6. The van der Waals surface area contributed by atoms with Gasteiger partial charge in [0.15, 0.2) is 5.65 Å². The van der Waals surface area contributed by atoms with Gasteiger partial charge in [0.05, 0.1) is 29.7 Å². The minimum atomic E-state index is -0.453. The summed E-state index contributed by atoms with van der Waals surface area (Å²) in [5.74, 6) is 0.167. The molecule has 1 aromatic carbocycles. The highest BCUT2D eigenvalue weighted by atomic mass is 35.5. The summed E-state index contributed by atoms with van der Waals surface area (Å²) in [6, 6.07) is 5.11. The molecule has 4 heterocycles. The molecule has 2 aliphatic rings. The van der Waals surface area contributed by atoms with Crippen LogP contribution in [0.4, 0.5) is 4.39 Å². The Morgan fingerprint density at radius 3 is 2.69 bits per heavy atom. The van der Waals surface area contributed by atoms with Crippen molar-refractivity contribution in [3.63, 3.8) is 0 Å². The van der Waals surface area contributed by atoms with E-state index >= 15 is 4.39 Å². The van der Waals surface area contributed by atoms with E-state index in [4.69, 9.17) is 31.3 Å². The SMILES string of the molecule is Cc1nc2nc([C@@]3(C)CCO[C@H](c4cnn(C5CC5)c4)C3)nc(-c3ccc(Cl)cc3F)c2nc1C. The highest BCUT2D eigenvalue weighted by molar-refractivity contribution is 6.30. The molecule has 4 aromatic rings. The molecule has 9 heteroatoms. The normalized spacial score (nSPS) is 22.6. The first-order valence-corrected chi connectivity index (χ1v) is 12.3. The Bertz CT molecular complexity index is 1450. The Kier molecular flexibility index (Phi) is 5.34. The standard InChI is InChI=1S/C26H26ClFN6O/c1-14-15(2)31-24-23(30-14)22(19-7-4-17(27)10-20(19)28)32-25(33-24)26(3)8-9-35-21(11-26)16-12-29-34(13-16)18-5-6-18/h4,7,10,12-13,18,21H,5-6,8-9,11H2,1-3H3/t21-,26-/m0/s1. The molecule has 1 saturated carbocycles. The van der Waals surface area contributed by atoms with E-state index in [2.05, 4.69) is 23.2 Å². The Labute approximate surface area is 207 Å². The third-order valence-corrected chi connectivity index (χ3v) is 7.43. The third kappa shape index (κ3) is 4.08. The van der Waals surface area contributed by atoms with Crippen LogP contribution >= 0.6 is 11.6 Å². The number of hydrogen-bond donors (Lipinski definition) is 0. The molecule has 180 valence electrons. The van der Waals surface area contributed by atoms with Gasteiger partial charge in [-0.15, -0.1) is 0 Å². The molecule has 0 bridgehead atoms. The van der Waals surface area contributed by atoms with Crippen LogP contribution in [0.15, 0.2) is 30.6 Å². The Hall–Kier alpha value is -2.97. The first kappa shape index (κ1) is 22.5. The predicted octanol–water partition coefficient (Wildman–Crippen LogP) is 5.84. The van der Waals surface area contributed by atoms with Crippen molar-refractivity contribution in [2.24, 2.45) is 0 Å². The Morgan fingerprint density at radius 2 is 1.91 bits per heavy atom. The number of hydrogen-bond acceptors (Lipinski definition) is 6. The number of fused-ring (bicyclic) bond motifs is 1. The van der Waals surface area contributed by atoms with Gasteiger partial charge >= 0.3 is 0 Å². The van der Waals surface area contributed by atoms with Crippen LogP contribution in [0.25, 0.3) is 22.4 Å². The average molecular weight is 493 g/mol. The summed E-state index contributed by atoms with van der Waals surface area (Å²) in [5.41, 5.74) is 3.93. The van der Waals surface area contributed by atoms with E-state index < -0.39 is 11.2 Å². The summed E-state index contributed by atoms with van der Waals surface area (Å²) < 4.78 is 23.2. The Balaban J connectivity index is 1.45. The van der Waals surface area contributed by atoms with E-state index in [1.807, 2.05) is 24.7 Å². The van der Waals surface area contributed by atoms with Crippen molar-refractivity contribution in [1.29, 1.82) is 0 Å². The van der Waals surface area contributed by atoms with Gasteiger partial charge < -0.3 is 4.74 Å². The fourth-order valence-electron chi connectivity index (χ4n) is 4.72. The van der Waals surface area contributed by atoms with Crippen LogP contribution in [0.5, 0.6) is 0 Å². The molecule has 3 aromatic heterocycles. The van der Waals surface area contributed by atoms with Crippen molar-refractivity contribution in [3.8, 4) is 11.3 Å². The van der Waals surface area contributed by atoms with Gasteiger partial charge in [-0.3, -0.25) is 4.68 Å². The van der Waals surface area contributed by atoms with Crippen molar-refractivity contribution >= 4 is 22.8 Å². The third-order valence-electron chi connectivity index (χ3n) is 7.19. The zero-order valence-electron chi connectivity index (χ0n) is 19.9. The van der Waals surface area contributed by atoms with Crippen molar-refractivity contribution in [1.82, 2.24) is 29.7 Å². The molecule has 1 aliphatic carbocycles. The smallest absolute Gasteiger partial charge is 0.182 e. The van der Waals surface area contributed by atoms with Gasteiger partial charge in [-0.1, -0.05) is 18.5 Å². The van der Waals surface area contributed by atoms with E-state index in [-0.39, 0.29) is 6.10 Å². The molecule has 0 amide bonds. The van der Waals surface area contributed by atoms with Gasteiger partial charge in [0.2, 0.25) is 0 Å². The number of aryl methyl sites for hydroxylation is 2. The lowest BCUT2D eigenvalue weighted by Crippen LogP contribution is -2.34. The number of rotatable bonds is 4. The highest BCUT2D eigenvalue weighted by Gasteiger charge is 2.39. The molecule has 0 radical (unpaired) electrons. The molecule has 0 spiro atoms. The van der Waals surface area contributed by atoms with Gasteiger partial charge in [-0.05, 0) is 57.7 Å². The van der Waals surface area contributed by atoms with Crippen LogP contribution in [0.1, 0.15) is 67.5 Å². The predicted molar refractivity (Wildman–Crippen MR) is 131 cm³/mol. The number of halogens is 2. The molecule has 6 rings (SSSR count). The minimum absolute atomic E-state index is 0.109. The zero-order valence-corrected chi connectivity index (χ0v) is 20.7. The van der Waals surface area contributed by atoms with E-state index in [0.717, 1.165) is 23.4 Å². The fraction of sp³-hybridized carbons (Fsp3) is 0.423. The molecule has 1 saturated heterocycles. The van der Waals surface area contributed by atoms with E-state index in [1.54, 1.807) is 12.1 Å². The van der Waals surface area contributed by atoms with Gasteiger partial charge in [-0.2, -0.15) is 5.10 Å². The van der Waals surface area contributed by atoms with E-state index in [1.165, 1.54) is 18.9 Å². The Morgan fingerprint density at radius 1 is 1.11 bits per heavy atom. The monoisotopic (exact) mass is 492 g/mol. The lowest BCUT2D eigenvalue weighted by Gasteiger charge is -2.37. The van der Waals surface area contributed by atoms with Crippen molar-refractivity contribution in [2.75, 3.05) is 6.61 Å². The van der Waals surface area contributed by atoms with Crippen LogP contribution < -0.4 is 0 Å². The van der Waals surface area contributed by atoms with E-state index in [9.17, 15) is 0 Å². The summed E-state index contributed by atoms with van der Waals surface area (Å²) >= 11 is 6.02. The first-order chi connectivity index (χ1) is 16.8. The number of ether oxygens (including phenoxy) is 1. The van der Waals surface area contributed by atoms with Crippen LogP contribution in [0.3, 0.4) is 0 Å². The maximum absolute atomic E-state index is 15.0. The van der Waals surface area contributed by atoms with Crippen molar-refractivity contribution < 1.29 is 9.13 Å². The van der Waals surface area contributed by atoms with Crippen LogP contribution in [0, 0.1) is 19.7 Å². The largest absolute Gasteiger partial charge is 0.373 e. The summed E-state index contributed by atoms with van der Waals surface area (Å²) in [6.07, 6.45) is 7.69. The summed E-state index contributed by atoms with van der Waals surface area (Å²) in [4.78, 5) is 19.2. The lowest BCUT2D eigenvalue weighted by molar-refractivity contribution is -0.0204. The van der Waals surface area contributed by atoms with Crippen molar-refractivity contribution in [2.45, 2.75) is 64.0 Å². The van der Waals surface area contributed by atoms with Crippen LogP contribution in [-0.2, 0) is 10.2 Å². The summed E-state index contributed by atoms with van der Waals surface area (Å²) in [5, 5.41) is 4.87. The van der Waals surface area contributed by atoms with Crippen LogP contribution in [-0.4, -0.2) is 36.3 Å². The molecule has 7 nitrogen and oxygen atoms in total. The molecule has 2 atom stereocenters. The van der Waals surface area contributed by atoms with Crippen molar-refractivity contribution in [3.05, 3.63) is 64.2 Å². The second-order valence-electron chi connectivity index (χ2n) is 9.95. The van der Waals surface area contributed by atoms with Gasteiger partial charge in [0.1, 0.15) is 22.9 Å². The van der Waals surface area contributed by atoms with Gasteiger partial charge in [0.25, 0.3) is 0 Å². The summed E-state index contributed by atoms with van der Waals surface area (Å²) in [7, 11) is 0. The zero-order chi connectivity index (χ0) is 24.3. The number of benzene rings is 1. The average Bonchev–Trinajstić information content (AvgIpc) is 3.56. The molecule has 35 heavy (non-hydrogen) atoms. The second kappa shape index (κ2) is 8.31. The maximum Gasteiger partial charge on any atom is 0.182 e. The summed E-state index contributed by atoms with van der Waals surface area (Å²) in [6.45, 7) is 6.49. The quantitative estimate of drug-likeness (QED) is 0.356. The second-order valence-corrected chi connectivity index (χ2v) is 10.4. The minimum Gasteiger partial charge on any atom is -0.373 e.